The lowest BCUT2D eigenvalue weighted by Gasteiger charge is -2.26. The van der Waals surface area contributed by atoms with E-state index < -0.39 is 17.8 Å². The summed E-state index contributed by atoms with van der Waals surface area (Å²) in [6, 6.07) is 15.7. The van der Waals surface area contributed by atoms with Gasteiger partial charge in [0.2, 0.25) is 0 Å². The summed E-state index contributed by atoms with van der Waals surface area (Å²) in [5.74, 6) is -1.15. The van der Waals surface area contributed by atoms with Crippen molar-refractivity contribution in [2.75, 3.05) is 4.90 Å². The lowest BCUT2D eigenvalue weighted by atomic mass is 10.1. The number of aromatic hydroxyl groups is 1. The van der Waals surface area contributed by atoms with Gasteiger partial charge >= 0.3 is 6.03 Å². The number of barbiturate groups is 1. The van der Waals surface area contributed by atoms with Crippen LogP contribution in [-0.2, 0) is 16.2 Å². The molecule has 1 aliphatic rings. The van der Waals surface area contributed by atoms with Gasteiger partial charge in [-0.2, -0.15) is 0 Å². The van der Waals surface area contributed by atoms with Crippen molar-refractivity contribution in [3.63, 3.8) is 0 Å². The van der Waals surface area contributed by atoms with E-state index in [0.29, 0.717) is 22.9 Å². The van der Waals surface area contributed by atoms with Crippen LogP contribution in [0.1, 0.15) is 22.3 Å². The summed E-state index contributed by atoms with van der Waals surface area (Å²) in [6.45, 7) is 4.38. The van der Waals surface area contributed by atoms with E-state index in [1.54, 1.807) is 18.2 Å². The third kappa shape index (κ3) is 4.94. The SMILES string of the molecule is Cc1cc(C)cc(COc2ccc(/C=C3\C(=O)NC(=O)N(c4ccc(O)cc4)C3=O)cc2Cl)c1. The van der Waals surface area contributed by atoms with Gasteiger partial charge in [-0.25, -0.2) is 9.69 Å². The molecule has 0 unspecified atom stereocenters. The van der Waals surface area contributed by atoms with Crippen LogP contribution in [0.3, 0.4) is 0 Å². The smallest absolute Gasteiger partial charge is 0.335 e. The molecule has 2 N–H and O–H groups in total. The Morgan fingerprint density at radius 2 is 1.65 bits per heavy atom. The number of hydrogen-bond acceptors (Lipinski definition) is 5. The number of urea groups is 1. The first-order valence-corrected chi connectivity index (χ1v) is 10.8. The fourth-order valence-corrected chi connectivity index (χ4v) is 3.94. The largest absolute Gasteiger partial charge is 0.508 e. The number of phenolic OH excluding ortho intramolecular Hbond substituents is 1. The Bertz CT molecular complexity index is 1310. The Morgan fingerprint density at radius 3 is 2.29 bits per heavy atom. The molecule has 0 saturated carbocycles. The number of benzene rings is 3. The molecule has 4 rings (SSSR count). The molecule has 3 aromatic carbocycles. The zero-order chi connectivity index (χ0) is 24.4. The summed E-state index contributed by atoms with van der Waals surface area (Å²) in [7, 11) is 0. The van der Waals surface area contributed by atoms with Crippen LogP contribution in [0.4, 0.5) is 10.5 Å². The minimum Gasteiger partial charge on any atom is -0.508 e. The second-order valence-corrected chi connectivity index (χ2v) is 8.36. The summed E-state index contributed by atoms with van der Waals surface area (Å²) >= 11 is 6.38. The van der Waals surface area contributed by atoms with E-state index >= 15 is 0 Å². The van der Waals surface area contributed by atoms with E-state index in [9.17, 15) is 19.5 Å². The van der Waals surface area contributed by atoms with Crippen molar-refractivity contribution in [2.24, 2.45) is 0 Å². The zero-order valence-electron chi connectivity index (χ0n) is 18.5. The highest BCUT2D eigenvalue weighted by Gasteiger charge is 2.36. The van der Waals surface area contributed by atoms with Crippen molar-refractivity contribution in [2.45, 2.75) is 20.5 Å². The molecule has 172 valence electrons. The van der Waals surface area contributed by atoms with Crippen LogP contribution in [0.5, 0.6) is 11.5 Å². The highest BCUT2D eigenvalue weighted by Crippen LogP contribution is 2.29. The van der Waals surface area contributed by atoms with E-state index in [0.717, 1.165) is 21.6 Å². The van der Waals surface area contributed by atoms with E-state index in [-0.39, 0.29) is 17.0 Å². The zero-order valence-corrected chi connectivity index (χ0v) is 19.2. The van der Waals surface area contributed by atoms with Crippen LogP contribution in [-0.4, -0.2) is 23.0 Å². The number of aryl methyl sites for hydroxylation is 2. The number of imide groups is 2. The van der Waals surface area contributed by atoms with Crippen LogP contribution in [0.25, 0.3) is 6.08 Å². The topological polar surface area (TPSA) is 95.9 Å². The van der Waals surface area contributed by atoms with Gasteiger partial charge in [0.15, 0.2) is 0 Å². The standard InChI is InChI=1S/C26H21ClN2O5/c1-15-9-16(2)11-18(10-15)14-34-23-8-3-17(13-22(23)27)12-21-24(31)28-26(33)29(25(21)32)19-4-6-20(30)7-5-19/h3-13,30H,14H2,1-2H3,(H,28,31,33)/b21-12+. The van der Waals surface area contributed by atoms with Gasteiger partial charge in [-0.1, -0.05) is 47.0 Å². The molecule has 4 amide bonds. The summed E-state index contributed by atoms with van der Waals surface area (Å²) in [6.07, 6.45) is 1.36. The maximum atomic E-state index is 13.0. The number of nitrogens with one attached hydrogen (secondary N) is 1. The highest BCUT2D eigenvalue weighted by molar-refractivity contribution is 6.39. The van der Waals surface area contributed by atoms with Gasteiger partial charge in [-0.05, 0) is 67.4 Å². The van der Waals surface area contributed by atoms with E-state index in [2.05, 4.69) is 11.4 Å². The summed E-state index contributed by atoms with van der Waals surface area (Å²) in [4.78, 5) is 38.4. The molecule has 3 aromatic rings. The molecule has 1 fully saturated rings. The molecule has 1 aliphatic heterocycles. The average molecular weight is 477 g/mol. The Morgan fingerprint density at radius 1 is 0.971 bits per heavy atom. The second kappa shape index (κ2) is 9.41. The van der Waals surface area contributed by atoms with Crippen molar-refractivity contribution in [3.8, 4) is 11.5 Å². The number of carbonyl (C=O) groups is 3. The Hall–Kier alpha value is -4.10. The summed E-state index contributed by atoms with van der Waals surface area (Å²) in [5.41, 5.74) is 3.77. The Labute approximate surface area is 201 Å². The summed E-state index contributed by atoms with van der Waals surface area (Å²) in [5, 5.41) is 11.9. The van der Waals surface area contributed by atoms with Crippen LogP contribution in [0, 0.1) is 13.8 Å². The predicted octanol–water partition coefficient (Wildman–Crippen LogP) is 4.91. The van der Waals surface area contributed by atoms with Gasteiger partial charge in [0.25, 0.3) is 11.8 Å². The molecule has 0 bridgehead atoms. The molecule has 0 radical (unpaired) electrons. The number of amides is 4. The van der Waals surface area contributed by atoms with Gasteiger partial charge in [-0.15, -0.1) is 0 Å². The quantitative estimate of drug-likeness (QED) is 0.403. The molecule has 7 nitrogen and oxygen atoms in total. The third-order valence-electron chi connectivity index (χ3n) is 5.15. The highest BCUT2D eigenvalue weighted by atomic mass is 35.5. The normalized spacial score (nSPS) is 15.0. The van der Waals surface area contributed by atoms with Crippen LogP contribution in [0.2, 0.25) is 5.02 Å². The maximum absolute atomic E-state index is 13.0. The third-order valence-corrected chi connectivity index (χ3v) is 5.45. The number of nitrogens with zero attached hydrogens (tertiary/aromatic N) is 1. The van der Waals surface area contributed by atoms with E-state index in [4.69, 9.17) is 16.3 Å². The lowest BCUT2D eigenvalue weighted by molar-refractivity contribution is -0.122. The lowest BCUT2D eigenvalue weighted by Crippen LogP contribution is -2.54. The molecule has 8 heteroatoms. The molecule has 34 heavy (non-hydrogen) atoms. The molecule has 0 atom stereocenters. The van der Waals surface area contributed by atoms with Gasteiger partial charge in [-0.3, -0.25) is 14.9 Å². The Balaban J connectivity index is 1.55. The van der Waals surface area contributed by atoms with Crippen LogP contribution >= 0.6 is 11.6 Å². The van der Waals surface area contributed by atoms with Crippen LogP contribution < -0.4 is 15.0 Å². The van der Waals surface area contributed by atoms with Crippen molar-refractivity contribution >= 4 is 41.2 Å². The van der Waals surface area contributed by atoms with Gasteiger partial charge < -0.3 is 9.84 Å². The number of phenols is 1. The first kappa shape index (κ1) is 23.1. The fourth-order valence-electron chi connectivity index (χ4n) is 3.70. The maximum Gasteiger partial charge on any atom is 0.335 e. The Kier molecular flexibility index (Phi) is 6.38. The van der Waals surface area contributed by atoms with E-state index in [1.165, 1.54) is 30.3 Å². The van der Waals surface area contributed by atoms with Crippen molar-refractivity contribution in [3.05, 3.63) is 93.5 Å². The molecule has 0 aromatic heterocycles. The average Bonchev–Trinajstić information content (AvgIpc) is 2.76. The first-order valence-electron chi connectivity index (χ1n) is 10.4. The van der Waals surface area contributed by atoms with Gasteiger partial charge in [0.05, 0.1) is 10.7 Å². The molecule has 1 saturated heterocycles. The monoisotopic (exact) mass is 476 g/mol. The number of hydrogen-bond donors (Lipinski definition) is 2. The fraction of sp³-hybridized carbons (Fsp3) is 0.115. The predicted molar refractivity (Wildman–Crippen MR) is 129 cm³/mol. The molecule has 1 heterocycles. The molecular weight excluding hydrogens is 456 g/mol. The number of rotatable bonds is 5. The van der Waals surface area contributed by atoms with Crippen molar-refractivity contribution in [1.29, 1.82) is 0 Å². The number of carbonyl (C=O) groups excluding carboxylic acids is 3. The van der Waals surface area contributed by atoms with E-state index in [1.807, 2.05) is 26.0 Å². The first-order chi connectivity index (χ1) is 16.2. The number of anilines is 1. The molecule has 0 spiro atoms. The minimum absolute atomic E-state index is 0.0186. The summed E-state index contributed by atoms with van der Waals surface area (Å²) < 4.78 is 5.85. The van der Waals surface area contributed by atoms with Crippen molar-refractivity contribution in [1.82, 2.24) is 5.32 Å². The molecular formula is C26H21ClN2O5. The second-order valence-electron chi connectivity index (χ2n) is 7.95. The van der Waals surface area contributed by atoms with Gasteiger partial charge in [0, 0.05) is 0 Å². The van der Waals surface area contributed by atoms with Crippen molar-refractivity contribution < 1.29 is 24.2 Å². The number of halogens is 1. The number of ether oxygens (including phenoxy) is 1. The molecule has 0 aliphatic carbocycles. The van der Waals surface area contributed by atoms with Gasteiger partial charge in [0.1, 0.15) is 23.7 Å². The minimum atomic E-state index is -0.869. The van der Waals surface area contributed by atoms with Crippen LogP contribution in [0.15, 0.2) is 66.2 Å².